The van der Waals surface area contributed by atoms with E-state index in [0.717, 1.165) is 12.8 Å². The predicted molar refractivity (Wildman–Crippen MR) is 66.4 cm³/mol. The van der Waals surface area contributed by atoms with Crippen molar-refractivity contribution >= 4 is 0 Å². The van der Waals surface area contributed by atoms with Crippen molar-refractivity contribution in [3.63, 3.8) is 0 Å². The Morgan fingerprint density at radius 2 is 1.50 bits per heavy atom. The number of nitrogens with two attached hydrogens (primary N) is 1. The molecule has 0 spiro atoms. The fourth-order valence-corrected chi connectivity index (χ4v) is 3.16. The van der Waals surface area contributed by atoms with Gasteiger partial charge >= 0.3 is 0 Å². The summed E-state index contributed by atoms with van der Waals surface area (Å²) < 4.78 is 5.76. The van der Waals surface area contributed by atoms with Crippen molar-refractivity contribution in [2.24, 2.45) is 5.73 Å². The summed E-state index contributed by atoms with van der Waals surface area (Å²) in [7, 11) is 0. The maximum atomic E-state index is 5.93. The van der Waals surface area contributed by atoms with Crippen LogP contribution in [0.2, 0.25) is 0 Å². The summed E-state index contributed by atoms with van der Waals surface area (Å²) in [6.07, 6.45) is 8.01. The van der Waals surface area contributed by atoms with Crippen LogP contribution in [0, 0.1) is 0 Å². The van der Waals surface area contributed by atoms with Crippen molar-refractivity contribution in [2.75, 3.05) is 0 Å². The second-order valence-corrected chi connectivity index (χ2v) is 5.70. The van der Waals surface area contributed by atoms with Gasteiger partial charge in [-0.25, -0.2) is 0 Å². The Kier molecular flexibility index (Phi) is 4.22. The van der Waals surface area contributed by atoms with Gasteiger partial charge < -0.3 is 15.8 Å². The van der Waals surface area contributed by atoms with Crippen LogP contribution >= 0.6 is 0 Å². The second-order valence-electron chi connectivity index (χ2n) is 5.70. The lowest BCUT2D eigenvalue weighted by Crippen LogP contribution is -2.47. The van der Waals surface area contributed by atoms with Gasteiger partial charge in [-0.1, -0.05) is 0 Å². The number of rotatable bonds is 2. The minimum atomic E-state index is 0.409. The van der Waals surface area contributed by atoms with Gasteiger partial charge in [0, 0.05) is 18.1 Å². The van der Waals surface area contributed by atoms with Crippen LogP contribution in [0.25, 0.3) is 0 Å². The molecule has 1 heterocycles. The molecule has 0 amide bonds. The molecule has 1 aliphatic heterocycles. The van der Waals surface area contributed by atoms with Gasteiger partial charge in [0.2, 0.25) is 0 Å². The molecule has 2 atom stereocenters. The molecule has 2 rings (SSSR count). The highest BCUT2D eigenvalue weighted by molar-refractivity contribution is 4.85. The van der Waals surface area contributed by atoms with Crippen LogP contribution in [0.3, 0.4) is 0 Å². The van der Waals surface area contributed by atoms with Gasteiger partial charge in [-0.2, -0.15) is 0 Å². The van der Waals surface area contributed by atoms with Crippen molar-refractivity contribution in [2.45, 2.75) is 82.7 Å². The SMILES string of the molecule is CC1CC(NC2CCC(N)CC2)CC(C)O1. The Morgan fingerprint density at radius 3 is 2.06 bits per heavy atom. The average Bonchev–Trinajstić information content (AvgIpc) is 2.20. The molecule has 94 valence electrons. The lowest BCUT2D eigenvalue weighted by molar-refractivity contribution is -0.0441. The lowest BCUT2D eigenvalue weighted by Gasteiger charge is -2.36. The molecule has 3 heteroatoms. The molecular formula is C13H26N2O. The minimum Gasteiger partial charge on any atom is -0.375 e. The van der Waals surface area contributed by atoms with Crippen LogP contribution in [-0.4, -0.2) is 30.3 Å². The second kappa shape index (κ2) is 5.48. The zero-order chi connectivity index (χ0) is 11.5. The molecule has 2 aliphatic rings. The third-order valence-corrected chi connectivity index (χ3v) is 3.94. The summed E-state index contributed by atoms with van der Waals surface area (Å²) in [6, 6.07) is 1.80. The van der Waals surface area contributed by atoms with Gasteiger partial charge in [0.1, 0.15) is 0 Å². The van der Waals surface area contributed by atoms with Crippen LogP contribution in [0.15, 0.2) is 0 Å². The lowest BCUT2D eigenvalue weighted by atomic mass is 9.90. The Morgan fingerprint density at radius 1 is 0.938 bits per heavy atom. The third kappa shape index (κ3) is 3.44. The van der Waals surface area contributed by atoms with Gasteiger partial charge in [-0.3, -0.25) is 0 Å². The quantitative estimate of drug-likeness (QED) is 0.755. The standard InChI is InChI=1S/C13H26N2O/c1-9-7-13(8-10(2)16-9)15-12-5-3-11(14)4-6-12/h9-13,15H,3-8,14H2,1-2H3. The Bertz CT molecular complexity index is 204. The molecule has 0 aromatic heterocycles. The largest absolute Gasteiger partial charge is 0.375 e. The van der Waals surface area contributed by atoms with Crippen LogP contribution in [0.1, 0.15) is 52.4 Å². The smallest absolute Gasteiger partial charge is 0.0565 e. The summed E-state index contributed by atoms with van der Waals surface area (Å²) in [5.41, 5.74) is 5.93. The van der Waals surface area contributed by atoms with Crippen molar-refractivity contribution in [1.29, 1.82) is 0 Å². The highest BCUT2D eigenvalue weighted by atomic mass is 16.5. The minimum absolute atomic E-state index is 0.409. The normalized spacial score (nSPS) is 45.6. The fourth-order valence-electron chi connectivity index (χ4n) is 3.16. The third-order valence-electron chi connectivity index (χ3n) is 3.94. The number of hydrogen-bond acceptors (Lipinski definition) is 3. The first-order valence-corrected chi connectivity index (χ1v) is 6.80. The zero-order valence-electron chi connectivity index (χ0n) is 10.6. The molecule has 16 heavy (non-hydrogen) atoms. The molecule has 0 bridgehead atoms. The van der Waals surface area contributed by atoms with Gasteiger partial charge in [0.05, 0.1) is 12.2 Å². The summed E-state index contributed by atoms with van der Waals surface area (Å²) in [5.74, 6) is 0. The van der Waals surface area contributed by atoms with E-state index in [0.29, 0.717) is 30.3 Å². The van der Waals surface area contributed by atoms with Crippen molar-refractivity contribution in [3.05, 3.63) is 0 Å². The highest BCUT2D eigenvalue weighted by Crippen LogP contribution is 2.23. The molecule has 3 N–H and O–H groups in total. The summed E-state index contributed by atoms with van der Waals surface area (Å²) >= 11 is 0. The van der Waals surface area contributed by atoms with E-state index in [1.807, 2.05) is 0 Å². The number of nitrogens with one attached hydrogen (secondary N) is 1. The maximum Gasteiger partial charge on any atom is 0.0565 e. The average molecular weight is 226 g/mol. The van der Waals surface area contributed by atoms with E-state index in [9.17, 15) is 0 Å². The van der Waals surface area contributed by atoms with E-state index < -0.39 is 0 Å². The molecule has 1 saturated heterocycles. The van der Waals surface area contributed by atoms with Crippen LogP contribution in [0.4, 0.5) is 0 Å². The first kappa shape index (κ1) is 12.3. The van der Waals surface area contributed by atoms with E-state index >= 15 is 0 Å². The number of hydrogen-bond donors (Lipinski definition) is 2. The molecule has 0 radical (unpaired) electrons. The van der Waals surface area contributed by atoms with E-state index in [2.05, 4.69) is 19.2 Å². The Labute approximate surface area is 99.1 Å². The first-order valence-electron chi connectivity index (χ1n) is 6.80. The molecule has 3 nitrogen and oxygen atoms in total. The molecule has 2 unspecified atom stereocenters. The monoisotopic (exact) mass is 226 g/mol. The summed E-state index contributed by atoms with van der Waals surface area (Å²) in [4.78, 5) is 0. The van der Waals surface area contributed by atoms with Gasteiger partial charge in [0.15, 0.2) is 0 Å². The predicted octanol–water partition coefficient (Wildman–Crippen LogP) is 1.80. The topological polar surface area (TPSA) is 47.3 Å². The molecule has 0 aromatic carbocycles. The van der Waals surface area contributed by atoms with E-state index in [-0.39, 0.29) is 0 Å². The Hall–Kier alpha value is -0.120. The van der Waals surface area contributed by atoms with Crippen molar-refractivity contribution in [1.82, 2.24) is 5.32 Å². The summed E-state index contributed by atoms with van der Waals surface area (Å²) in [5, 5.41) is 3.80. The number of ether oxygens (including phenoxy) is 1. The van der Waals surface area contributed by atoms with Crippen LogP contribution in [0.5, 0.6) is 0 Å². The van der Waals surface area contributed by atoms with E-state index in [1.54, 1.807) is 0 Å². The first-order chi connectivity index (χ1) is 7.63. The molecule has 1 saturated carbocycles. The van der Waals surface area contributed by atoms with Crippen molar-refractivity contribution in [3.8, 4) is 0 Å². The molecule has 0 aromatic rings. The molecular weight excluding hydrogens is 200 g/mol. The van der Waals surface area contributed by atoms with Gasteiger partial charge in [-0.05, 0) is 52.4 Å². The van der Waals surface area contributed by atoms with E-state index in [1.165, 1.54) is 25.7 Å². The highest BCUT2D eigenvalue weighted by Gasteiger charge is 2.27. The molecule has 1 aliphatic carbocycles. The van der Waals surface area contributed by atoms with E-state index in [4.69, 9.17) is 10.5 Å². The van der Waals surface area contributed by atoms with Crippen LogP contribution < -0.4 is 11.1 Å². The van der Waals surface area contributed by atoms with Crippen LogP contribution in [-0.2, 0) is 4.74 Å². The Balaban J connectivity index is 1.76. The maximum absolute atomic E-state index is 5.93. The summed E-state index contributed by atoms with van der Waals surface area (Å²) in [6.45, 7) is 4.36. The van der Waals surface area contributed by atoms with Crippen molar-refractivity contribution < 1.29 is 4.74 Å². The van der Waals surface area contributed by atoms with Gasteiger partial charge in [-0.15, -0.1) is 0 Å². The fraction of sp³-hybridized carbons (Fsp3) is 1.00. The van der Waals surface area contributed by atoms with Gasteiger partial charge in [0.25, 0.3) is 0 Å². The zero-order valence-corrected chi connectivity index (χ0v) is 10.6. The molecule has 2 fully saturated rings.